The first kappa shape index (κ1) is 24.5. The lowest BCUT2D eigenvalue weighted by Crippen LogP contribution is -2.50. The van der Waals surface area contributed by atoms with Crippen LogP contribution >= 0.6 is 11.8 Å². The topological polar surface area (TPSA) is 98.9 Å². The molecule has 0 aromatic heterocycles. The lowest BCUT2D eigenvalue weighted by molar-refractivity contribution is -0.385. The summed E-state index contributed by atoms with van der Waals surface area (Å²) in [7, 11) is 0. The number of fused-ring (bicyclic) bond motifs is 1. The highest BCUT2D eigenvalue weighted by Crippen LogP contribution is 2.33. The van der Waals surface area contributed by atoms with E-state index in [1.807, 2.05) is 12.1 Å². The lowest BCUT2D eigenvalue weighted by atomic mass is 9.93. The molecule has 0 bridgehead atoms. The van der Waals surface area contributed by atoms with E-state index in [9.17, 15) is 20.3 Å². The predicted octanol–water partition coefficient (Wildman–Crippen LogP) is 4.30. The summed E-state index contributed by atoms with van der Waals surface area (Å²) in [5, 5.41) is 38.4. The van der Waals surface area contributed by atoms with Gasteiger partial charge in [0.2, 0.25) is 0 Å². The van der Waals surface area contributed by atoms with Crippen LogP contribution in [0.5, 0.6) is 5.75 Å². The predicted molar refractivity (Wildman–Crippen MR) is 137 cm³/mol. The monoisotopic (exact) mass is 481 g/mol. The Labute approximate surface area is 203 Å². The average Bonchev–Trinajstić information content (AvgIpc) is 3.26. The molecule has 0 saturated carbocycles. The number of β-amino-alcohol motifs (C(OH)–C–C–N with tert-alkyl or cyclic N) is 1. The summed E-state index contributed by atoms with van der Waals surface area (Å²) < 4.78 is 0. The quantitative estimate of drug-likeness (QED) is 0.310. The molecule has 180 valence electrons. The summed E-state index contributed by atoms with van der Waals surface area (Å²) in [6, 6.07) is 19.3. The maximum atomic E-state index is 11.1. The molecule has 34 heavy (non-hydrogen) atoms. The first-order valence-corrected chi connectivity index (χ1v) is 12.6. The van der Waals surface area contributed by atoms with E-state index in [-0.39, 0.29) is 23.0 Å². The molecule has 1 aliphatic heterocycles. The number of para-hydroxylation sites is 1. The smallest absolute Gasteiger partial charge is 0.311 e. The molecule has 0 amide bonds. The number of aromatic hydroxyl groups is 1. The zero-order valence-electron chi connectivity index (χ0n) is 19.5. The summed E-state index contributed by atoms with van der Waals surface area (Å²) in [6.45, 7) is 5.06. The maximum Gasteiger partial charge on any atom is 0.311 e. The van der Waals surface area contributed by atoms with Gasteiger partial charge in [-0.05, 0) is 36.6 Å². The minimum Gasteiger partial charge on any atom is -0.502 e. The van der Waals surface area contributed by atoms with Crippen LogP contribution in [0.3, 0.4) is 0 Å². The standard InChI is InChI=1S/C26H31N3O4S/c1-26(2,13-18-10-11-19-6-3-4-7-20(19)12-18)27-14-24(30)23-16-34-17-28(23)15-21-8-5-9-22(25(21)31)29(32)33/h3-12,23-24,27,30-31H,13-17H2,1-2H3/t23-,24+/m1/s1. The van der Waals surface area contributed by atoms with E-state index in [0.717, 1.165) is 12.2 Å². The summed E-state index contributed by atoms with van der Waals surface area (Å²) in [5.41, 5.74) is 1.24. The molecule has 3 N–H and O–H groups in total. The number of hydrogen-bond acceptors (Lipinski definition) is 7. The maximum absolute atomic E-state index is 11.1. The van der Waals surface area contributed by atoms with Gasteiger partial charge in [-0.1, -0.05) is 54.6 Å². The molecule has 2 atom stereocenters. The second-order valence-electron chi connectivity index (χ2n) is 9.55. The van der Waals surface area contributed by atoms with Crippen LogP contribution in [0.4, 0.5) is 5.69 Å². The largest absolute Gasteiger partial charge is 0.502 e. The molecule has 0 radical (unpaired) electrons. The van der Waals surface area contributed by atoms with Crippen molar-refractivity contribution in [2.24, 2.45) is 0 Å². The Morgan fingerprint density at radius 2 is 1.94 bits per heavy atom. The van der Waals surface area contributed by atoms with Gasteiger partial charge in [-0.3, -0.25) is 15.0 Å². The summed E-state index contributed by atoms with van der Waals surface area (Å²) in [6.07, 6.45) is 0.224. The van der Waals surface area contributed by atoms with Crippen molar-refractivity contribution in [3.05, 3.63) is 81.9 Å². The number of nitro benzene ring substituents is 1. The van der Waals surface area contributed by atoms with Gasteiger partial charge in [-0.2, -0.15) is 0 Å². The van der Waals surface area contributed by atoms with Gasteiger partial charge in [0.15, 0.2) is 5.75 Å². The number of benzene rings is 3. The van der Waals surface area contributed by atoms with Crippen LogP contribution in [0.1, 0.15) is 25.0 Å². The number of thioether (sulfide) groups is 1. The Hall–Kier alpha value is -2.65. The van der Waals surface area contributed by atoms with Crippen LogP contribution in [-0.4, -0.2) is 55.9 Å². The van der Waals surface area contributed by atoms with Gasteiger partial charge in [-0.15, -0.1) is 11.8 Å². The number of nitro groups is 1. The van der Waals surface area contributed by atoms with E-state index in [1.165, 1.54) is 22.4 Å². The molecule has 4 rings (SSSR count). The Bertz CT molecular complexity index is 1170. The number of phenolic OH excluding ortho intramolecular Hbond substituents is 1. The van der Waals surface area contributed by atoms with Crippen molar-refractivity contribution in [1.82, 2.24) is 10.2 Å². The van der Waals surface area contributed by atoms with Gasteiger partial charge in [0.05, 0.1) is 11.0 Å². The fourth-order valence-corrected chi connectivity index (χ4v) is 5.82. The first-order valence-electron chi connectivity index (χ1n) is 11.4. The summed E-state index contributed by atoms with van der Waals surface area (Å²) >= 11 is 1.71. The number of rotatable bonds is 9. The zero-order valence-corrected chi connectivity index (χ0v) is 20.3. The van der Waals surface area contributed by atoms with Gasteiger partial charge in [0.25, 0.3) is 0 Å². The average molecular weight is 482 g/mol. The second kappa shape index (κ2) is 10.3. The van der Waals surface area contributed by atoms with Crippen LogP contribution in [0, 0.1) is 10.1 Å². The molecule has 0 spiro atoms. The Kier molecular flexibility index (Phi) is 7.42. The van der Waals surface area contributed by atoms with Gasteiger partial charge in [0, 0.05) is 47.9 Å². The number of phenols is 1. The van der Waals surface area contributed by atoms with E-state index in [4.69, 9.17) is 0 Å². The minimum atomic E-state index is -0.605. The molecule has 1 aliphatic rings. The minimum absolute atomic E-state index is 0.104. The number of nitrogens with one attached hydrogen (secondary N) is 1. The third-order valence-electron chi connectivity index (χ3n) is 6.38. The number of nitrogens with zero attached hydrogens (tertiary/aromatic N) is 2. The third-order valence-corrected chi connectivity index (χ3v) is 7.47. The van der Waals surface area contributed by atoms with Crippen LogP contribution in [0.15, 0.2) is 60.7 Å². The molecule has 0 aliphatic carbocycles. The van der Waals surface area contributed by atoms with E-state index in [0.29, 0.717) is 24.5 Å². The normalized spacial score (nSPS) is 17.8. The lowest BCUT2D eigenvalue weighted by Gasteiger charge is -2.32. The van der Waals surface area contributed by atoms with Gasteiger partial charge in [0.1, 0.15) is 0 Å². The van der Waals surface area contributed by atoms with Crippen molar-refractivity contribution in [2.75, 3.05) is 18.2 Å². The van der Waals surface area contributed by atoms with Crippen molar-refractivity contribution in [2.45, 2.75) is 44.5 Å². The Balaban J connectivity index is 1.37. The molecule has 1 fully saturated rings. The van der Waals surface area contributed by atoms with Crippen molar-refractivity contribution in [3.63, 3.8) is 0 Å². The molecule has 1 heterocycles. The van der Waals surface area contributed by atoms with Crippen molar-refractivity contribution in [1.29, 1.82) is 0 Å². The fraction of sp³-hybridized carbons (Fsp3) is 0.385. The summed E-state index contributed by atoms with van der Waals surface area (Å²) in [5.74, 6) is 1.17. The SMILES string of the molecule is CC(C)(Cc1ccc2ccccc2c1)NC[C@H](O)[C@H]1CSCN1Cc1cccc([N+](=O)[O-])c1O. The first-order chi connectivity index (χ1) is 16.2. The molecule has 3 aromatic carbocycles. The van der Waals surface area contributed by atoms with Crippen molar-refractivity contribution >= 4 is 28.2 Å². The van der Waals surface area contributed by atoms with E-state index in [1.54, 1.807) is 23.9 Å². The molecular weight excluding hydrogens is 450 g/mol. The van der Waals surface area contributed by atoms with Crippen LogP contribution < -0.4 is 5.32 Å². The molecule has 7 nitrogen and oxygen atoms in total. The molecule has 1 saturated heterocycles. The molecule has 0 unspecified atom stereocenters. The van der Waals surface area contributed by atoms with Gasteiger partial charge in [-0.25, -0.2) is 0 Å². The van der Waals surface area contributed by atoms with Crippen LogP contribution in [0.2, 0.25) is 0 Å². The highest BCUT2D eigenvalue weighted by atomic mass is 32.2. The number of aliphatic hydroxyl groups is 1. The zero-order chi connectivity index (χ0) is 24.3. The van der Waals surface area contributed by atoms with E-state index < -0.39 is 11.0 Å². The highest BCUT2D eigenvalue weighted by molar-refractivity contribution is 7.99. The van der Waals surface area contributed by atoms with E-state index >= 15 is 0 Å². The van der Waals surface area contributed by atoms with Crippen molar-refractivity contribution < 1.29 is 15.1 Å². The number of hydrogen-bond donors (Lipinski definition) is 3. The van der Waals surface area contributed by atoms with Gasteiger partial charge >= 0.3 is 5.69 Å². The Morgan fingerprint density at radius 1 is 1.18 bits per heavy atom. The molecular formula is C26H31N3O4S. The van der Waals surface area contributed by atoms with Crippen molar-refractivity contribution in [3.8, 4) is 5.75 Å². The van der Waals surface area contributed by atoms with Crippen LogP contribution in [-0.2, 0) is 13.0 Å². The molecule has 3 aromatic rings. The fourth-order valence-electron chi connectivity index (χ4n) is 4.52. The second-order valence-corrected chi connectivity index (χ2v) is 10.5. The third kappa shape index (κ3) is 5.70. The number of aliphatic hydroxyl groups excluding tert-OH is 1. The Morgan fingerprint density at radius 3 is 2.71 bits per heavy atom. The van der Waals surface area contributed by atoms with Gasteiger partial charge < -0.3 is 15.5 Å². The van der Waals surface area contributed by atoms with E-state index in [2.05, 4.69) is 54.4 Å². The highest BCUT2D eigenvalue weighted by Gasteiger charge is 2.33. The molecule has 8 heteroatoms. The van der Waals surface area contributed by atoms with Crippen LogP contribution in [0.25, 0.3) is 10.8 Å². The summed E-state index contributed by atoms with van der Waals surface area (Å²) in [4.78, 5) is 12.6.